The molecule has 0 aliphatic carbocycles. The average molecular weight is 223 g/mol. The van der Waals surface area contributed by atoms with E-state index in [0.29, 0.717) is 6.61 Å². The molecule has 3 nitrogen and oxygen atoms in total. The molecule has 0 saturated carbocycles. The fraction of sp³-hybridized carbons (Fsp3) is 0.538. The van der Waals surface area contributed by atoms with Gasteiger partial charge in [0.15, 0.2) is 0 Å². The van der Waals surface area contributed by atoms with Crippen molar-refractivity contribution < 1.29 is 9.84 Å². The predicted octanol–water partition coefficient (Wildman–Crippen LogP) is 1.87. The zero-order valence-electron chi connectivity index (χ0n) is 10.5. The van der Waals surface area contributed by atoms with Crippen molar-refractivity contribution in [1.82, 2.24) is 0 Å². The molecule has 0 aromatic heterocycles. The lowest BCUT2D eigenvalue weighted by Crippen LogP contribution is -2.32. The number of aliphatic hydroxyl groups is 1. The van der Waals surface area contributed by atoms with Gasteiger partial charge < -0.3 is 15.6 Å². The normalized spacial score (nSPS) is 14.6. The third-order valence-corrected chi connectivity index (χ3v) is 2.80. The summed E-state index contributed by atoms with van der Waals surface area (Å²) < 4.78 is 5.51. The molecule has 1 unspecified atom stereocenters. The van der Waals surface area contributed by atoms with Crippen molar-refractivity contribution in [1.29, 1.82) is 0 Å². The Kier molecular flexibility index (Phi) is 3.94. The van der Waals surface area contributed by atoms with E-state index in [1.807, 2.05) is 32.9 Å². The summed E-state index contributed by atoms with van der Waals surface area (Å²) in [5.74, 6) is 0.872. The molecule has 0 saturated heterocycles. The number of ether oxygens (including phenoxy) is 1. The van der Waals surface area contributed by atoms with E-state index in [1.54, 1.807) is 6.92 Å². The Labute approximate surface area is 97.2 Å². The second kappa shape index (κ2) is 4.85. The van der Waals surface area contributed by atoms with Crippen molar-refractivity contribution in [3.8, 4) is 5.75 Å². The summed E-state index contributed by atoms with van der Waals surface area (Å²) >= 11 is 0. The minimum absolute atomic E-state index is 0.210. The number of benzene rings is 1. The van der Waals surface area contributed by atoms with Gasteiger partial charge in [0.25, 0.3) is 0 Å². The van der Waals surface area contributed by atoms with Crippen LogP contribution in [0.25, 0.3) is 0 Å². The van der Waals surface area contributed by atoms with Gasteiger partial charge in [0.2, 0.25) is 0 Å². The predicted molar refractivity (Wildman–Crippen MR) is 65.7 cm³/mol. The molecule has 3 heteroatoms. The molecular weight excluding hydrogens is 202 g/mol. The van der Waals surface area contributed by atoms with Crippen LogP contribution in [0.3, 0.4) is 0 Å². The first-order valence-corrected chi connectivity index (χ1v) is 5.59. The van der Waals surface area contributed by atoms with Gasteiger partial charge in [-0.25, -0.2) is 0 Å². The maximum absolute atomic E-state index is 10.2. The zero-order chi connectivity index (χ0) is 12.3. The second-order valence-corrected chi connectivity index (χ2v) is 4.34. The topological polar surface area (TPSA) is 55.5 Å². The number of nitrogens with two attached hydrogens (primary N) is 1. The highest BCUT2D eigenvalue weighted by Crippen LogP contribution is 2.29. The van der Waals surface area contributed by atoms with Crippen molar-refractivity contribution >= 4 is 0 Å². The van der Waals surface area contributed by atoms with Gasteiger partial charge in [-0.1, -0.05) is 0 Å². The molecule has 1 aromatic carbocycles. The van der Waals surface area contributed by atoms with Crippen molar-refractivity contribution in [3.05, 3.63) is 28.8 Å². The van der Waals surface area contributed by atoms with E-state index in [-0.39, 0.29) is 6.54 Å². The summed E-state index contributed by atoms with van der Waals surface area (Å²) in [5, 5.41) is 10.2. The van der Waals surface area contributed by atoms with Crippen molar-refractivity contribution in [2.24, 2.45) is 5.73 Å². The van der Waals surface area contributed by atoms with Crippen molar-refractivity contribution in [2.75, 3.05) is 13.2 Å². The summed E-state index contributed by atoms with van der Waals surface area (Å²) in [5.41, 5.74) is 7.50. The van der Waals surface area contributed by atoms with E-state index < -0.39 is 5.60 Å². The standard InChI is InChI=1S/C13H21NO2/c1-5-16-12-7-9(2)11(6-10(12)3)13(4,15)8-14/h6-7,15H,5,8,14H2,1-4H3. The summed E-state index contributed by atoms with van der Waals surface area (Å²) in [7, 11) is 0. The van der Waals surface area contributed by atoms with Crippen molar-refractivity contribution in [2.45, 2.75) is 33.3 Å². The van der Waals surface area contributed by atoms with Gasteiger partial charge in [0.1, 0.15) is 5.75 Å². The van der Waals surface area contributed by atoms with E-state index in [0.717, 1.165) is 22.4 Å². The maximum atomic E-state index is 10.2. The Morgan fingerprint density at radius 1 is 1.31 bits per heavy atom. The van der Waals surface area contributed by atoms with E-state index >= 15 is 0 Å². The van der Waals surface area contributed by atoms with Crippen LogP contribution in [-0.2, 0) is 5.60 Å². The SMILES string of the molecule is CCOc1cc(C)c(C(C)(O)CN)cc1C. The molecular formula is C13H21NO2. The number of hydrogen-bond acceptors (Lipinski definition) is 3. The quantitative estimate of drug-likeness (QED) is 0.819. The first-order valence-electron chi connectivity index (χ1n) is 5.59. The Hall–Kier alpha value is -1.06. The molecule has 0 radical (unpaired) electrons. The first-order chi connectivity index (χ1) is 7.42. The van der Waals surface area contributed by atoms with Crippen LogP contribution >= 0.6 is 0 Å². The van der Waals surface area contributed by atoms with E-state index in [1.165, 1.54) is 0 Å². The molecule has 0 heterocycles. The van der Waals surface area contributed by atoms with E-state index in [4.69, 9.17) is 10.5 Å². The van der Waals surface area contributed by atoms with Crippen LogP contribution in [-0.4, -0.2) is 18.3 Å². The van der Waals surface area contributed by atoms with Gasteiger partial charge in [-0.15, -0.1) is 0 Å². The number of rotatable bonds is 4. The lowest BCUT2D eigenvalue weighted by atomic mass is 9.90. The van der Waals surface area contributed by atoms with Crippen LogP contribution < -0.4 is 10.5 Å². The molecule has 0 aliphatic heterocycles. The third kappa shape index (κ3) is 2.54. The Bertz CT molecular complexity index is 372. The summed E-state index contributed by atoms with van der Waals surface area (Å²) in [6.07, 6.45) is 0. The first kappa shape index (κ1) is 13.0. The molecule has 16 heavy (non-hydrogen) atoms. The molecule has 0 aliphatic rings. The average Bonchev–Trinajstić information content (AvgIpc) is 2.23. The third-order valence-electron chi connectivity index (χ3n) is 2.80. The highest BCUT2D eigenvalue weighted by molar-refractivity contribution is 5.43. The molecule has 90 valence electrons. The maximum Gasteiger partial charge on any atom is 0.122 e. The molecule has 1 atom stereocenters. The second-order valence-electron chi connectivity index (χ2n) is 4.34. The van der Waals surface area contributed by atoms with E-state index in [2.05, 4.69) is 0 Å². The lowest BCUT2D eigenvalue weighted by Gasteiger charge is -2.25. The van der Waals surface area contributed by atoms with Crippen LogP contribution in [0.1, 0.15) is 30.5 Å². The molecule has 0 spiro atoms. The van der Waals surface area contributed by atoms with Gasteiger partial charge in [-0.3, -0.25) is 0 Å². The van der Waals surface area contributed by atoms with Gasteiger partial charge in [0.05, 0.1) is 12.2 Å². The lowest BCUT2D eigenvalue weighted by molar-refractivity contribution is 0.0660. The molecule has 0 fully saturated rings. The van der Waals surface area contributed by atoms with Crippen LogP contribution in [0, 0.1) is 13.8 Å². The van der Waals surface area contributed by atoms with Crippen LogP contribution in [0.4, 0.5) is 0 Å². The smallest absolute Gasteiger partial charge is 0.122 e. The largest absolute Gasteiger partial charge is 0.494 e. The Morgan fingerprint density at radius 2 is 1.94 bits per heavy atom. The molecule has 0 amide bonds. The summed E-state index contributed by atoms with van der Waals surface area (Å²) in [4.78, 5) is 0. The Balaban J connectivity index is 3.20. The molecule has 0 bridgehead atoms. The van der Waals surface area contributed by atoms with Gasteiger partial charge in [0, 0.05) is 6.54 Å². The Morgan fingerprint density at radius 3 is 2.44 bits per heavy atom. The van der Waals surface area contributed by atoms with Crippen LogP contribution in [0.5, 0.6) is 5.75 Å². The van der Waals surface area contributed by atoms with Gasteiger partial charge >= 0.3 is 0 Å². The monoisotopic (exact) mass is 223 g/mol. The van der Waals surface area contributed by atoms with Crippen molar-refractivity contribution in [3.63, 3.8) is 0 Å². The minimum Gasteiger partial charge on any atom is -0.494 e. The fourth-order valence-electron chi connectivity index (χ4n) is 1.79. The fourth-order valence-corrected chi connectivity index (χ4v) is 1.79. The number of aryl methyl sites for hydroxylation is 2. The molecule has 1 rings (SSSR count). The van der Waals surface area contributed by atoms with Gasteiger partial charge in [-0.05, 0) is 56.5 Å². The van der Waals surface area contributed by atoms with Crippen LogP contribution in [0.2, 0.25) is 0 Å². The zero-order valence-corrected chi connectivity index (χ0v) is 10.5. The molecule has 3 N–H and O–H groups in total. The molecule has 1 aromatic rings. The number of hydrogen-bond donors (Lipinski definition) is 2. The highest BCUT2D eigenvalue weighted by Gasteiger charge is 2.23. The van der Waals surface area contributed by atoms with Gasteiger partial charge in [-0.2, -0.15) is 0 Å². The van der Waals surface area contributed by atoms with Crippen LogP contribution in [0.15, 0.2) is 12.1 Å². The summed E-state index contributed by atoms with van der Waals surface area (Å²) in [6, 6.07) is 3.91. The summed E-state index contributed by atoms with van der Waals surface area (Å²) in [6.45, 7) is 8.48. The minimum atomic E-state index is -0.973. The van der Waals surface area contributed by atoms with E-state index in [9.17, 15) is 5.11 Å². The highest BCUT2D eigenvalue weighted by atomic mass is 16.5.